The maximum absolute atomic E-state index is 10.7. The second-order valence-electron chi connectivity index (χ2n) is 7.48. The quantitative estimate of drug-likeness (QED) is 0.234. The van der Waals surface area contributed by atoms with E-state index in [1.807, 2.05) is 60.7 Å². The smallest absolute Gasteiger partial charge is 0.150 e. The number of carbonyl (C=O) groups excluding carboxylic acids is 2. The topological polar surface area (TPSA) is 34.1 Å². The minimum atomic E-state index is 0.682. The molecule has 0 aliphatic carbocycles. The highest BCUT2D eigenvalue weighted by atomic mass is 16.1. The standard InChI is InChI=1S/C30H22O2/c31-21-27-9-5-23(6-10-27)1-3-25-13-17-29(18-14-25)30-19-15-26(16-20-30)4-2-24-7-11-28(22-32)12-8-24/h1-22H. The average Bonchev–Trinajstić information content (AvgIpc) is 2.87. The Balaban J connectivity index is 1.41. The van der Waals surface area contributed by atoms with Crippen molar-refractivity contribution in [2.75, 3.05) is 0 Å². The molecule has 0 aliphatic heterocycles. The maximum atomic E-state index is 10.7. The Kier molecular flexibility index (Phi) is 6.64. The highest BCUT2D eigenvalue weighted by molar-refractivity contribution is 5.78. The van der Waals surface area contributed by atoms with Crippen molar-refractivity contribution in [3.05, 3.63) is 130 Å². The molecule has 4 rings (SSSR count). The van der Waals surface area contributed by atoms with Crippen LogP contribution in [-0.2, 0) is 0 Å². The monoisotopic (exact) mass is 414 g/mol. The lowest BCUT2D eigenvalue weighted by molar-refractivity contribution is 0.111. The second-order valence-corrected chi connectivity index (χ2v) is 7.48. The van der Waals surface area contributed by atoms with Gasteiger partial charge in [-0.25, -0.2) is 0 Å². The van der Waals surface area contributed by atoms with Crippen LogP contribution in [0.4, 0.5) is 0 Å². The SMILES string of the molecule is O=Cc1ccc(C=Cc2ccc(-c3ccc(C=Cc4ccc(C=O)cc4)cc3)cc2)cc1. The molecule has 0 atom stereocenters. The van der Waals surface area contributed by atoms with E-state index in [0.29, 0.717) is 11.1 Å². The van der Waals surface area contributed by atoms with Gasteiger partial charge in [0.15, 0.2) is 0 Å². The Bertz CT molecular complexity index is 1140. The summed E-state index contributed by atoms with van der Waals surface area (Å²) in [6.45, 7) is 0. The van der Waals surface area contributed by atoms with Crippen LogP contribution in [0.2, 0.25) is 0 Å². The first-order chi connectivity index (χ1) is 15.7. The third kappa shape index (κ3) is 5.44. The zero-order valence-electron chi connectivity index (χ0n) is 17.5. The van der Waals surface area contributed by atoms with E-state index in [1.54, 1.807) is 0 Å². The molecule has 0 heterocycles. The molecular weight excluding hydrogens is 392 g/mol. The Labute approximate surface area is 188 Å². The minimum Gasteiger partial charge on any atom is -0.298 e. The molecule has 0 N–H and O–H groups in total. The number of rotatable bonds is 7. The third-order valence-electron chi connectivity index (χ3n) is 5.24. The molecule has 0 radical (unpaired) electrons. The predicted octanol–water partition coefficient (Wildman–Crippen LogP) is 7.32. The van der Waals surface area contributed by atoms with E-state index < -0.39 is 0 Å². The summed E-state index contributed by atoms with van der Waals surface area (Å²) in [4.78, 5) is 21.5. The van der Waals surface area contributed by atoms with Gasteiger partial charge in [0.05, 0.1) is 0 Å². The van der Waals surface area contributed by atoms with Gasteiger partial charge in [0, 0.05) is 11.1 Å². The molecule has 0 unspecified atom stereocenters. The largest absolute Gasteiger partial charge is 0.298 e. The summed E-state index contributed by atoms with van der Waals surface area (Å²) >= 11 is 0. The lowest BCUT2D eigenvalue weighted by Gasteiger charge is -2.04. The fraction of sp³-hybridized carbons (Fsp3) is 0. The first kappa shape index (κ1) is 21.0. The summed E-state index contributed by atoms with van der Waals surface area (Å²) in [5.41, 5.74) is 8.05. The lowest BCUT2D eigenvalue weighted by atomic mass is 10.0. The highest BCUT2D eigenvalue weighted by Gasteiger charge is 1.98. The zero-order chi connectivity index (χ0) is 22.2. The Morgan fingerprint density at radius 2 is 0.531 bits per heavy atom. The van der Waals surface area contributed by atoms with Crippen molar-refractivity contribution in [3.8, 4) is 11.1 Å². The Hall–Kier alpha value is -4.30. The number of benzene rings is 4. The third-order valence-corrected chi connectivity index (χ3v) is 5.24. The first-order valence-corrected chi connectivity index (χ1v) is 10.4. The molecule has 0 bridgehead atoms. The first-order valence-electron chi connectivity index (χ1n) is 10.4. The van der Waals surface area contributed by atoms with Gasteiger partial charge in [-0.2, -0.15) is 0 Å². The van der Waals surface area contributed by atoms with Crippen LogP contribution in [0.25, 0.3) is 35.4 Å². The fourth-order valence-electron chi connectivity index (χ4n) is 3.33. The molecule has 2 heteroatoms. The number of hydrogen-bond donors (Lipinski definition) is 0. The van der Waals surface area contributed by atoms with Gasteiger partial charge in [-0.1, -0.05) is 121 Å². The number of carbonyl (C=O) groups is 2. The van der Waals surface area contributed by atoms with Crippen molar-refractivity contribution >= 4 is 36.9 Å². The van der Waals surface area contributed by atoms with Gasteiger partial charge >= 0.3 is 0 Å². The van der Waals surface area contributed by atoms with Crippen molar-refractivity contribution in [2.24, 2.45) is 0 Å². The lowest BCUT2D eigenvalue weighted by Crippen LogP contribution is -1.81. The zero-order valence-corrected chi connectivity index (χ0v) is 17.5. The van der Waals surface area contributed by atoms with Crippen molar-refractivity contribution in [2.45, 2.75) is 0 Å². The van der Waals surface area contributed by atoms with Crippen molar-refractivity contribution in [1.29, 1.82) is 0 Å². The van der Waals surface area contributed by atoms with Gasteiger partial charge in [0.2, 0.25) is 0 Å². The van der Waals surface area contributed by atoms with Crippen molar-refractivity contribution < 1.29 is 9.59 Å². The molecule has 2 nitrogen and oxygen atoms in total. The van der Waals surface area contributed by atoms with E-state index in [0.717, 1.165) is 46.0 Å². The normalized spacial score (nSPS) is 11.1. The molecule has 4 aromatic rings. The predicted molar refractivity (Wildman–Crippen MR) is 133 cm³/mol. The van der Waals surface area contributed by atoms with E-state index in [2.05, 4.69) is 60.7 Å². The van der Waals surface area contributed by atoms with Crippen LogP contribution in [0.5, 0.6) is 0 Å². The maximum Gasteiger partial charge on any atom is 0.150 e. The molecule has 0 saturated carbocycles. The van der Waals surface area contributed by atoms with Gasteiger partial charge in [-0.05, 0) is 33.4 Å². The second kappa shape index (κ2) is 10.1. The summed E-state index contributed by atoms with van der Waals surface area (Å²) in [5.74, 6) is 0. The van der Waals surface area contributed by atoms with Crippen LogP contribution in [-0.4, -0.2) is 12.6 Å². The molecule has 0 amide bonds. The van der Waals surface area contributed by atoms with Crippen LogP contribution in [0.15, 0.2) is 97.1 Å². The minimum absolute atomic E-state index is 0.682. The van der Waals surface area contributed by atoms with E-state index >= 15 is 0 Å². The van der Waals surface area contributed by atoms with Crippen LogP contribution in [0, 0.1) is 0 Å². The number of aldehydes is 2. The van der Waals surface area contributed by atoms with E-state index in [1.165, 1.54) is 0 Å². The number of hydrogen-bond acceptors (Lipinski definition) is 2. The van der Waals surface area contributed by atoms with Gasteiger partial charge in [0.1, 0.15) is 12.6 Å². The molecule has 32 heavy (non-hydrogen) atoms. The summed E-state index contributed by atoms with van der Waals surface area (Å²) in [6, 6.07) is 31.9. The van der Waals surface area contributed by atoms with E-state index in [4.69, 9.17) is 0 Å². The van der Waals surface area contributed by atoms with Crippen LogP contribution in [0.3, 0.4) is 0 Å². The molecule has 0 aromatic heterocycles. The van der Waals surface area contributed by atoms with Gasteiger partial charge in [0.25, 0.3) is 0 Å². The summed E-state index contributed by atoms with van der Waals surface area (Å²) < 4.78 is 0. The van der Waals surface area contributed by atoms with Crippen molar-refractivity contribution in [1.82, 2.24) is 0 Å². The Morgan fingerprint density at radius 1 is 0.312 bits per heavy atom. The van der Waals surface area contributed by atoms with Crippen LogP contribution < -0.4 is 0 Å². The molecule has 0 fully saturated rings. The van der Waals surface area contributed by atoms with E-state index in [-0.39, 0.29) is 0 Å². The molecule has 0 saturated heterocycles. The highest BCUT2D eigenvalue weighted by Crippen LogP contribution is 2.22. The van der Waals surface area contributed by atoms with Crippen LogP contribution >= 0.6 is 0 Å². The van der Waals surface area contributed by atoms with Gasteiger partial charge in [-0.3, -0.25) is 9.59 Å². The Morgan fingerprint density at radius 3 is 0.781 bits per heavy atom. The van der Waals surface area contributed by atoms with Crippen LogP contribution in [0.1, 0.15) is 43.0 Å². The van der Waals surface area contributed by atoms with Gasteiger partial charge < -0.3 is 0 Å². The fourth-order valence-corrected chi connectivity index (χ4v) is 3.33. The van der Waals surface area contributed by atoms with Gasteiger partial charge in [-0.15, -0.1) is 0 Å². The van der Waals surface area contributed by atoms with Crippen molar-refractivity contribution in [3.63, 3.8) is 0 Å². The summed E-state index contributed by atoms with van der Waals surface area (Å²) in [7, 11) is 0. The summed E-state index contributed by atoms with van der Waals surface area (Å²) in [5, 5.41) is 0. The molecule has 154 valence electrons. The molecule has 4 aromatic carbocycles. The average molecular weight is 415 g/mol. The molecule has 0 aliphatic rings. The molecule has 0 spiro atoms. The molecular formula is C30H22O2. The summed E-state index contributed by atoms with van der Waals surface area (Å²) in [6.07, 6.45) is 9.91. The van der Waals surface area contributed by atoms with E-state index in [9.17, 15) is 9.59 Å².